The van der Waals surface area contributed by atoms with E-state index < -0.39 is 0 Å². The van der Waals surface area contributed by atoms with Crippen LogP contribution in [0.1, 0.15) is 64.5 Å². The highest BCUT2D eigenvalue weighted by molar-refractivity contribution is 7.88. The maximum absolute atomic E-state index is 2.80. The summed E-state index contributed by atoms with van der Waals surface area (Å²) in [7, 11) is -0.306. The first kappa shape index (κ1) is 26.0. The van der Waals surface area contributed by atoms with Gasteiger partial charge < -0.3 is 0 Å². The molecule has 4 aromatic carbocycles. The van der Waals surface area contributed by atoms with Gasteiger partial charge in [0.25, 0.3) is 0 Å². The van der Waals surface area contributed by atoms with Crippen LogP contribution < -0.4 is 0 Å². The Morgan fingerprint density at radius 1 is 0.486 bits per heavy atom. The molecule has 0 N–H and O–H groups in total. The van der Waals surface area contributed by atoms with Crippen LogP contribution in [0.25, 0.3) is 22.3 Å². The van der Waals surface area contributed by atoms with Crippen LogP contribution in [0.4, 0.5) is 0 Å². The molecule has 2 unspecified atom stereocenters. The van der Waals surface area contributed by atoms with E-state index in [0.29, 0.717) is 17.7 Å². The molecule has 187 valence electrons. The number of rotatable bonds is 6. The highest BCUT2D eigenvalue weighted by Crippen LogP contribution is 2.73. The van der Waals surface area contributed by atoms with Crippen molar-refractivity contribution in [3.05, 3.63) is 120 Å². The Balaban J connectivity index is 1.62. The zero-order valence-corrected chi connectivity index (χ0v) is 24.0. The summed E-state index contributed by atoms with van der Waals surface area (Å²) in [5.74, 6) is 1.49. The van der Waals surface area contributed by atoms with Crippen molar-refractivity contribution in [3.8, 4) is 22.3 Å². The molecular weight excluding hydrogens is 462 g/mol. The molecule has 0 spiro atoms. The minimum Gasteiger partial charge on any atom is -0.137 e. The van der Waals surface area contributed by atoms with Gasteiger partial charge >= 0.3 is 0 Å². The third-order valence-corrected chi connectivity index (χ3v) is 11.2. The van der Waals surface area contributed by atoms with Gasteiger partial charge in [-0.25, -0.2) is 0 Å². The van der Waals surface area contributed by atoms with Gasteiger partial charge in [-0.15, -0.1) is 7.80 Å². The van der Waals surface area contributed by atoms with Gasteiger partial charge in [0.1, 0.15) is 0 Å². The quantitative estimate of drug-likeness (QED) is 0.182. The number of benzene rings is 4. The van der Waals surface area contributed by atoms with E-state index >= 15 is 0 Å². The molecule has 37 heavy (non-hydrogen) atoms. The summed E-state index contributed by atoms with van der Waals surface area (Å²) in [6.45, 7) is 17.4. The lowest BCUT2D eigenvalue weighted by Gasteiger charge is -2.42. The number of hydrogen-bond donors (Lipinski definition) is 0. The third kappa shape index (κ3) is 5.49. The summed E-state index contributed by atoms with van der Waals surface area (Å²) < 4.78 is 0. The molecule has 5 rings (SSSR count). The molecule has 1 radical (unpaired) electrons. The Kier molecular flexibility index (Phi) is 7.21. The smallest absolute Gasteiger partial charge is 0.137 e. The Labute approximate surface area is 226 Å². The van der Waals surface area contributed by atoms with Crippen molar-refractivity contribution in [1.82, 2.24) is 0 Å². The van der Waals surface area contributed by atoms with Gasteiger partial charge in [0.05, 0.1) is 0 Å². The minimum absolute atomic E-state index is 0.267. The van der Waals surface area contributed by atoms with Gasteiger partial charge in [-0.3, -0.25) is 0 Å². The van der Waals surface area contributed by atoms with E-state index in [0.717, 1.165) is 0 Å². The largest absolute Gasteiger partial charge is 0.152 e. The van der Waals surface area contributed by atoms with Crippen LogP contribution in [0.2, 0.25) is 5.82 Å². The fraction of sp³-hybridized carbons (Fsp3) is 0.314. The van der Waals surface area contributed by atoms with Crippen LogP contribution in [-0.2, 0) is 0 Å². The van der Waals surface area contributed by atoms with Crippen LogP contribution in [0.15, 0.2) is 109 Å². The molecule has 2 heteroatoms. The van der Waals surface area contributed by atoms with Crippen molar-refractivity contribution < 1.29 is 0 Å². The molecule has 1 aliphatic carbocycles. The summed E-state index contributed by atoms with van der Waals surface area (Å²) >= 11 is 0. The monoisotopic (exact) mass is 501 g/mol. The fourth-order valence-corrected chi connectivity index (χ4v) is 9.91. The average Bonchev–Trinajstić information content (AvgIpc) is 3.60. The van der Waals surface area contributed by atoms with Crippen LogP contribution in [-0.4, -0.2) is 17.3 Å². The predicted molar refractivity (Wildman–Crippen MR) is 165 cm³/mol. The average molecular weight is 501 g/mol. The van der Waals surface area contributed by atoms with Crippen molar-refractivity contribution in [2.45, 2.75) is 69.5 Å². The lowest BCUT2D eigenvalue weighted by Crippen LogP contribution is -2.28. The van der Waals surface area contributed by atoms with Gasteiger partial charge in [0, 0.05) is 0 Å². The Bertz CT molecular complexity index is 1230. The zero-order chi connectivity index (χ0) is 26.2. The molecule has 1 aliphatic rings. The first-order chi connectivity index (χ1) is 17.7. The normalized spacial score (nSPS) is 19.6. The summed E-state index contributed by atoms with van der Waals surface area (Å²) in [5, 5.41) is 0.534. The topological polar surface area (TPSA) is 0 Å². The van der Waals surface area contributed by atoms with E-state index in [9.17, 15) is 0 Å². The van der Waals surface area contributed by atoms with E-state index in [4.69, 9.17) is 0 Å². The Hall–Kier alpha value is -2.63. The van der Waals surface area contributed by atoms with Crippen LogP contribution in [0.3, 0.4) is 0 Å². The van der Waals surface area contributed by atoms with E-state index in [1.165, 1.54) is 33.4 Å². The molecule has 1 saturated carbocycles. The van der Waals surface area contributed by atoms with Gasteiger partial charge in [-0.05, 0) is 61.3 Å². The van der Waals surface area contributed by atoms with Crippen molar-refractivity contribution in [2.24, 2.45) is 0 Å². The van der Waals surface area contributed by atoms with Crippen molar-refractivity contribution >= 4 is 14.8 Å². The van der Waals surface area contributed by atoms with Gasteiger partial charge in [0.2, 0.25) is 0 Å². The summed E-state index contributed by atoms with van der Waals surface area (Å²) in [5.41, 5.74) is 8.35. The SMILES string of the molecule is CC(C)(C)P([B]C1C(c2ccccc2-c2ccccc2)C1c1ccccc1-c1ccccc1)C(C)(C)C. The van der Waals surface area contributed by atoms with E-state index in [-0.39, 0.29) is 18.1 Å². The minimum atomic E-state index is -0.306. The molecule has 0 aliphatic heterocycles. The third-order valence-electron chi connectivity index (χ3n) is 7.65. The molecule has 0 aromatic heterocycles. The van der Waals surface area contributed by atoms with Crippen LogP contribution in [0.5, 0.6) is 0 Å². The predicted octanol–water partition coefficient (Wildman–Crippen LogP) is 10.4. The fourth-order valence-electron chi connectivity index (χ4n) is 6.28. The van der Waals surface area contributed by atoms with E-state index in [2.05, 4.69) is 158 Å². The molecule has 0 nitrogen and oxygen atoms in total. The summed E-state index contributed by atoms with van der Waals surface area (Å²) in [6.07, 6.45) is 0. The van der Waals surface area contributed by atoms with Crippen molar-refractivity contribution in [2.75, 3.05) is 0 Å². The van der Waals surface area contributed by atoms with Crippen molar-refractivity contribution in [1.29, 1.82) is 0 Å². The van der Waals surface area contributed by atoms with Gasteiger partial charge in [0.15, 0.2) is 7.00 Å². The maximum Gasteiger partial charge on any atom is 0.152 e. The molecule has 2 atom stereocenters. The molecule has 0 saturated heterocycles. The molecule has 0 bridgehead atoms. The first-order valence-corrected chi connectivity index (χ1v) is 15.0. The zero-order valence-electron chi connectivity index (χ0n) is 23.1. The first-order valence-electron chi connectivity index (χ1n) is 13.6. The summed E-state index contributed by atoms with van der Waals surface area (Å²) in [4.78, 5) is 0. The summed E-state index contributed by atoms with van der Waals surface area (Å²) in [6, 6.07) is 40.1. The molecule has 1 fully saturated rings. The van der Waals surface area contributed by atoms with E-state index in [1.54, 1.807) is 0 Å². The molecule has 4 aromatic rings. The second-order valence-electron chi connectivity index (χ2n) is 12.4. The van der Waals surface area contributed by atoms with Gasteiger partial charge in [-0.1, -0.05) is 151 Å². The molecular formula is C35H39BP. The van der Waals surface area contributed by atoms with E-state index in [1.807, 2.05) is 0 Å². The highest BCUT2D eigenvalue weighted by Gasteiger charge is 2.55. The Morgan fingerprint density at radius 3 is 1.22 bits per heavy atom. The molecule has 0 heterocycles. The second kappa shape index (κ2) is 10.3. The lowest BCUT2D eigenvalue weighted by molar-refractivity contribution is 0.718. The standard InChI is InChI=1S/C35H39BP/c1-34(2,3)37(35(4,5)6)36-33-31(29-23-15-13-21-27(29)25-17-9-7-10-18-25)32(33)30-24-16-14-22-28(30)26-19-11-8-12-20-26/h7-24,31-33H,1-6H3. The van der Waals surface area contributed by atoms with Crippen LogP contribution >= 0.6 is 7.80 Å². The maximum atomic E-state index is 2.80. The lowest BCUT2D eigenvalue weighted by atomic mass is 9.90. The molecule has 0 amide bonds. The number of hydrogen-bond acceptors (Lipinski definition) is 0. The van der Waals surface area contributed by atoms with Gasteiger partial charge in [-0.2, -0.15) is 0 Å². The second-order valence-corrected chi connectivity index (χ2v) is 16.1. The van der Waals surface area contributed by atoms with Crippen LogP contribution in [0, 0.1) is 0 Å². The Morgan fingerprint density at radius 2 is 0.838 bits per heavy atom. The van der Waals surface area contributed by atoms with Crippen molar-refractivity contribution in [3.63, 3.8) is 0 Å². The highest BCUT2D eigenvalue weighted by atomic mass is 31.1.